The SMILES string of the molecule is Nc1ncnc2c1ncn2C1OC2COP(=O)(O)OC1C2O. The molecule has 0 spiro atoms. The Kier molecular flexibility index (Phi) is 2.98. The van der Waals surface area contributed by atoms with Crippen LogP contribution in [0.15, 0.2) is 12.7 Å². The molecule has 118 valence electrons. The van der Waals surface area contributed by atoms with Crippen LogP contribution in [0, 0.1) is 0 Å². The second-order valence-corrected chi connectivity index (χ2v) is 6.38. The topological polar surface area (TPSA) is 155 Å². The fourth-order valence-corrected chi connectivity index (χ4v) is 3.53. The lowest BCUT2D eigenvalue weighted by Gasteiger charge is -2.23. The van der Waals surface area contributed by atoms with E-state index in [1.807, 2.05) is 0 Å². The molecule has 2 aliphatic heterocycles. The van der Waals surface area contributed by atoms with Crippen LogP contribution in [0.4, 0.5) is 5.82 Å². The van der Waals surface area contributed by atoms with Crippen molar-refractivity contribution >= 4 is 24.8 Å². The third kappa shape index (κ3) is 2.02. The molecule has 2 bridgehead atoms. The van der Waals surface area contributed by atoms with E-state index in [2.05, 4.69) is 15.0 Å². The first-order valence-electron chi connectivity index (χ1n) is 6.38. The Hall–Kier alpha value is -1.62. The van der Waals surface area contributed by atoms with E-state index in [0.717, 1.165) is 0 Å². The van der Waals surface area contributed by atoms with Gasteiger partial charge in [0.15, 0.2) is 17.7 Å². The molecule has 0 amide bonds. The number of nitrogen functional groups attached to an aromatic ring is 1. The van der Waals surface area contributed by atoms with Crippen LogP contribution < -0.4 is 5.73 Å². The minimum Gasteiger partial charge on any atom is -0.387 e. The van der Waals surface area contributed by atoms with E-state index in [4.69, 9.17) is 19.5 Å². The highest BCUT2D eigenvalue weighted by Gasteiger charge is 2.52. The maximum absolute atomic E-state index is 11.7. The molecular weight excluding hydrogens is 317 g/mol. The number of aromatic nitrogens is 4. The first kappa shape index (κ1) is 14.0. The average Bonchev–Trinajstić information content (AvgIpc) is 2.97. The van der Waals surface area contributed by atoms with Crippen molar-refractivity contribution in [1.82, 2.24) is 19.5 Å². The van der Waals surface area contributed by atoms with Crippen LogP contribution >= 0.6 is 7.82 Å². The van der Waals surface area contributed by atoms with Crippen LogP contribution in [0.2, 0.25) is 0 Å². The largest absolute Gasteiger partial charge is 0.472 e. The number of imidazole rings is 1. The number of aliphatic hydroxyl groups excluding tert-OH is 1. The van der Waals surface area contributed by atoms with E-state index in [1.165, 1.54) is 17.2 Å². The Balaban J connectivity index is 1.79. The Morgan fingerprint density at radius 1 is 1.41 bits per heavy atom. The van der Waals surface area contributed by atoms with Gasteiger partial charge in [-0.1, -0.05) is 0 Å². The second kappa shape index (κ2) is 4.69. The van der Waals surface area contributed by atoms with Gasteiger partial charge in [0.1, 0.15) is 30.2 Å². The quantitative estimate of drug-likeness (QED) is 0.565. The van der Waals surface area contributed by atoms with Gasteiger partial charge in [-0.2, -0.15) is 0 Å². The van der Waals surface area contributed by atoms with Crippen molar-refractivity contribution < 1.29 is 28.3 Å². The molecule has 2 aliphatic rings. The molecule has 2 fully saturated rings. The number of hydrogen-bond donors (Lipinski definition) is 3. The van der Waals surface area contributed by atoms with Gasteiger partial charge in [0.05, 0.1) is 12.9 Å². The summed E-state index contributed by atoms with van der Waals surface area (Å²) in [6.45, 7) is -0.258. The predicted molar refractivity (Wildman–Crippen MR) is 70.3 cm³/mol. The molecule has 5 unspecified atom stereocenters. The van der Waals surface area contributed by atoms with E-state index < -0.39 is 32.4 Å². The van der Waals surface area contributed by atoms with Crippen molar-refractivity contribution in [2.24, 2.45) is 0 Å². The number of aliphatic hydroxyl groups is 1. The number of phosphoric acid groups is 1. The van der Waals surface area contributed by atoms with Crippen LogP contribution in [0.25, 0.3) is 11.2 Å². The lowest BCUT2D eigenvalue weighted by molar-refractivity contribution is -0.0676. The molecule has 2 saturated heterocycles. The van der Waals surface area contributed by atoms with Crippen LogP contribution in [0.1, 0.15) is 6.23 Å². The molecule has 2 aromatic heterocycles. The average molecular weight is 329 g/mol. The number of rotatable bonds is 1. The molecular formula is C10H12N5O6P. The molecule has 12 heteroatoms. The van der Waals surface area contributed by atoms with Crippen LogP contribution in [0.3, 0.4) is 0 Å². The normalized spacial score (nSPS) is 38.3. The zero-order chi connectivity index (χ0) is 15.5. The summed E-state index contributed by atoms with van der Waals surface area (Å²) >= 11 is 0. The van der Waals surface area contributed by atoms with Gasteiger partial charge >= 0.3 is 7.82 Å². The molecule has 0 saturated carbocycles. The van der Waals surface area contributed by atoms with Gasteiger partial charge in [0, 0.05) is 0 Å². The first-order chi connectivity index (χ1) is 10.5. The van der Waals surface area contributed by atoms with E-state index >= 15 is 0 Å². The molecule has 22 heavy (non-hydrogen) atoms. The third-order valence-electron chi connectivity index (χ3n) is 3.63. The Bertz CT molecular complexity index is 782. The summed E-state index contributed by atoms with van der Waals surface area (Å²) in [4.78, 5) is 21.5. The number of anilines is 1. The van der Waals surface area contributed by atoms with E-state index in [9.17, 15) is 14.6 Å². The maximum atomic E-state index is 11.7. The van der Waals surface area contributed by atoms with Crippen molar-refractivity contribution in [1.29, 1.82) is 0 Å². The molecule has 0 aliphatic carbocycles. The van der Waals surface area contributed by atoms with Crippen molar-refractivity contribution in [3.63, 3.8) is 0 Å². The number of nitrogens with zero attached hydrogens (tertiary/aromatic N) is 4. The zero-order valence-electron chi connectivity index (χ0n) is 11.0. The molecule has 4 rings (SSSR count). The van der Waals surface area contributed by atoms with Crippen molar-refractivity contribution in [3.05, 3.63) is 12.7 Å². The molecule has 5 atom stereocenters. The molecule has 4 heterocycles. The summed E-state index contributed by atoms with van der Waals surface area (Å²) in [5, 5.41) is 10.2. The maximum Gasteiger partial charge on any atom is 0.472 e. The summed E-state index contributed by atoms with van der Waals surface area (Å²) in [6.07, 6.45) is -1.24. The number of hydrogen-bond acceptors (Lipinski definition) is 9. The van der Waals surface area contributed by atoms with Gasteiger partial charge in [-0.25, -0.2) is 19.5 Å². The molecule has 11 nitrogen and oxygen atoms in total. The smallest absolute Gasteiger partial charge is 0.387 e. The van der Waals surface area contributed by atoms with Gasteiger partial charge in [-0.15, -0.1) is 0 Å². The molecule has 4 N–H and O–H groups in total. The monoisotopic (exact) mass is 329 g/mol. The number of nitrogens with two attached hydrogens (primary N) is 1. The van der Waals surface area contributed by atoms with Crippen LogP contribution in [-0.2, 0) is 18.3 Å². The summed E-state index contributed by atoms with van der Waals surface area (Å²) in [5.41, 5.74) is 6.45. The number of ether oxygens (including phenoxy) is 1. The van der Waals surface area contributed by atoms with Gasteiger partial charge < -0.3 is 20.5 Å². The van der Waals surface area contributed by atoms with E-state index in [0.29, 0.717) is 11.2 Å². The summed E-state index contributed by atoms with van der Waals surface area (Å²) in [7, 11) is -4.25. The number of phosphoric ester groups is 1. The third-order valence-corrected chi connectivity index (χ3v) is 4.62. The molecule has 0 radical (unpaired) electrons. The lowest BCUT2D eigenvalue weighted by atomic mass is 10.1. The predicted octanol–water partition coefficient (Wildman–Crippen LogP) is -0.817. The number of fused-ring (bicyclic) bond motifs is 3. The lowest BCUT2D eigenvalue weighted by Crippen LogP contribution is -2.32. The van der Waals surface area contributed by atoms with Gasteiger partial charge in [-0.05, 0) is 0 Å². The Morgan fingerprint density at radius 3 is 3.05 bits per heavy atom. The van der Waals surface area contributed by atoms with Gasteiger partial charge in [-0.3, -0.25) is 13.6 Å². The highest BCUT2D eigenvalue weighted by molar-refractivity contribution is 7.47. The van der Waals surface area contributed by atoms with Crippen molar-refractivity contribution in [2.75, 3.05) is 12.3 Å². The minimum absolute atomic E-state index is 0.194. The summed E-state index contributed by atoms with van der Waals surface area (Å²) < 4.78 is 28.5. The highest BCUT2D eigenvalue weighted by atomic mass is 31.2. The second-order valence-electron chi connectivity index (χ2n) is 4.97. The van der Waals surface area contributed by atoms with E-state index in [-0.39, 0.29) is 12.4 Å². The van der Waals surface area contributed by atoms with Crippen molar-refractivity contribution in [2.45, 2.75) is 24.5 Å². The zero-order valence-corrected chi connectivity index (χ0v) is 11.9. The fraction of sp³-hybridized carbons (Fsp3) is 0.500. The van der Waals surface area contributed by atoms with Gasteiger partial charge in [0.25, 0.3) is 0 Å². The van der Waals surface area contributed by atoms with Crippen LogP contribution in [0.5, 0.6) is 0 Å². The Morgan fingerprint density at radius 2 is 2.23 bits per heavy atom. The standard InChI is InChI=1S/C10H12N5O6P/c11-8-5-9(13-2-12-8)15(3-14-5)10-7-6(16)4(20-10)1-19-22(17,18)21-7/h2-4,6-7,10,16H,1H2,(H,17,18)(H2,11,12,13). The molecule has 2 aromatic rings. The minimum atomic E-state index is -4.25. The highest BCUT2D eigenvalue weighted by Crippen LogP contribution is 2.52. The van der Waals surface area contributed by atoms with Gasteiger partial charge in [0.2, 0.25) is 0 Å². The van der Waals surface area contributed by atoms with E-state index in [1.54, 1.807) is 0 Å². The fourth-order valence-electron chi connectivity index (χ4n) is 2.60. The summed E-state index contributed by atoms with van der Waals surface area (Å²) in [5.74, 6) is 0.194. The summed E-state index contributed by atoms with van der Waals surface area (Å²) in [6, 6.07) is 0. The van der Waals surface area contributed by atoms with Crippen molar-refractivity contribution in [3.8, 4) is 0 Å². The van der Waals surface area contributed by atoms with Crippen LogP contribution in [-0.4, -0.2) is 54.4 Å². The first-order valence-corrected chi connectivity index (χ1v) is 7.88. The molecule has 0 aromatic carbocycles. The Labute approximate surface area is 123 Å².